The molecule has 3 N–H and O–H groups in total. The smallest absolute Gasteiger partial charge is 0.0923 e. The second kappa shape index (κ2) is 4.63. The lowest BCUT2D eigenvalue weighted by Gasteiger charge is -2.42. The lowest BCUT2D eigenvalue weighted by molar-refractivity contribution is -0.0325. The molecular weight excluding hydrogens is 200 g/mol. The zero-order valence-corrected chi connectivity index (χ0v) is 10.7. The van der Waals surface area contributed by atoms with Gasteiger partial charge in [-0.2, -0.15) is 0 Å². The zero-order valence-electron chi connectivity index (χ0n) is 10.7. The monoisotopic (exact) mass is 226 g/mol. The number of piperidine rings is 1. The van der Waals surface area contributed by atoms with E-state index in [0.29, 0.717) is 18.5 Å². The Morgan fingerprint density at radius 2 is 2.00 bits per heavy atom. The Labute approximate surface area is 99.0 Å². The molecule has 3 unspecified atom stereocenters. The van der Waals surface area contributed by atoms with Gasteiger partial charge in [0, 0.05) is 19.1 Å². The first-order valence-electron chi connectivity index (χ1n) is 6.73. The van der Waals surface area contributed by atoms with Crippen LogP contribution in [0.1, 0.15) is 39.5 Å². The van der Waals surface area contributed by atoms with Crippen LogP contribution in [0.2, 0.25) is 0 Å². The number of hydrogen-bond donors (Lipinski definition) is 2. The van der Waals surface area contributed by atoms with Crippen molar-refractivity contribution in [3.05, 3.63) is 0 Å². The third-order valence-corrected chi connectivity index (χ3v) is 4.67. The van der Waals surface area contributed by atoms with Crippen LogP contribution in [0, 0.1) is 11.8 Å². The van der Waals surface area contributed by atoms with Crippen molar-refractivity contribution in [2.24, 2.45) is 17.6 Å². The summed E-state index contributed by atoms with van der Waals surface area (Å²) in [6.07, 6.45) is 4.90. The average molecular weight is 226 g/mol. The number of β-amino-alcohol motifs (C(OH)–C–C–N with tert-alkyl or cyclic N) is 1. The zero-order chi connectivity index (χ0) is 11.8. The summed E-state index contributed by atoms with van der Waals surface area (Å²) in [6.45, 7) is 6.92. The number of hydrogen-bond acceptors (Lipinski definition) is 3. The van der Waals surface area contributed by atoms with Gasteiger partial charge in [-0.3, -0.25) is 4.90 Å². The van der Waals surface area contributed by atoms with Crippen molar-refractivity contribution < 1.29 is 5.11 Å². The maximum Gasteiger partial charge on any atom is 0.0923 e. The van der Waals surface area contributed by atoms with Crippen molar-refractivity contribution in [3.8, 4) is 0 Å². The third-order valence-electron chi connectivity index (χ3n) is 4.67. The van der Waals surface area contributed by atoms with Gasteiger partial charge in [-0.15, -0.1) is 0 Å². The lowest BCUT2D eigenvalue weighted by atomic mass is 9.89. The highest BCUT2D eigenvalue weighted by Crippen LogP contribution is 2.40. The molecule has 1 aliphatic carbocycles. The van der Waals surface area contributed by atoms with E-state index in [2.05, 4.69) is 18.7 Å². The topological polar surface area (TPSA) is 49.5 Å². The van der Waals surface area contributed by atoms with Gasteiger partial charge in [-0.25, -0.2) is 0 Å². The van der Waals surface area contributed by atoms with E-state index in [1.54, 1.807) is 0 Å². The van der Waals surface area contributed by atoms with Gasteiger partial charge >= 0.3 is 0 Å². The molecule has 2 aliphatic rings. The van der Waals surface area contributed by atoms with Crippen LogP contribution in [0.15, 0.2) is 0 Å². The van der Waals surface area contributed by atoms with Crippen LogP contribution >= 0.6 is 0 Å². The van der Waals surface area contributed by atoms with Crippen LogP contribution in [0.4, 0.5) is 0 Å². The van der Waals surface area contributed by atoms with Crippen molar-refractivity contribution in [1.29, 1.82) is 0 Å². The Morgan fingerprint density at radius 1 is 1.31 bits per heavy atom. The summed E-state index contributed by atoms with van der Waals surface area (Å²) in [5.74, 6) is 1.21. The molecule has 0 bridgehead atoms. The van der Waals surface area contributed by atoms with Gasteiger partial charge in [0.25, 0.3) is 0 Å². The molecule has 1 aliphatic heterocycles. The Balaban J connectivity index is 1.96. The highest BCUT2D eigenvalue weighted by atomic mass is 16.3. The van der Waals surface area contributed by atoms with Gasteiger partial charge < -0.3 is 10.8 Å². The maximum atomic E-state index is 10.5. The number of nitrogens with zero attached hydrogens (tertiary/aromatic N) is 1. The molecule has 1 saturated carbocycles. The summed E-state index contributed by atoms with van der Waals surface area (Å²) in [4.78, 5) is 2.44. The van der Waals surface area contributed by atoms with E-state index in [0.717, 1.165) is 31.8 Å². The maximum absolute atomic E-state index is 10.5. The minimum Gasteiger partial charge on any atom is -0.387 e. The van der Waals surface area contributed by atoms with Crippen LogP contribution in [0.3, 0.4) is 0 Å². The van der Waals surface area contributed by atoms with E-state index in [1.807, 2.05) is 0 Å². The van der Waals surface area contributed by atoms with Gasteiger partial charge in [0.15, 0.2) is 0 Å². The van der Waals surface area contributed by atoms with E-state index in [9.17, 15) is 5.11 Å². The number of aliphatic hydroxyl groups is 1. The quantitative estimate of drug-likeness (QED) is 0.757. The summed E-state index contributed by atoms with van der Waals surface area (Å²) >= 11 is 0. The molecular formula is C13H26N2O. The second-order valence-electron chi connectivity index (χ2n) is 5.91. The van der Waals surface area contributed by atoms with E-state index >= 15 is 0 Å². The first kappa shape index (κ1) is 12.3. The predicted molar refractivity (Wildman–Crippen MR) is 66.2 cm³/mol. The Kier molecular flexibility index (Phi) is 3.57. The molecule has 2 rings (SSSR count). The lowest BCUT2D eigenvalue weighted by Crippen LogP contribution is -2.54. The molecule has 0 aromatic carbocycles. The fourth-order valence-electron chi connectivity index (χ4n) is 2.98. The minimum absolute atomic E-state index is 0.412. The Hall–Kier alpha value is -0.120. The molecule has 0 spiro atoms. The second-order valence-corrected chi connectivity index (χ2v) is 5.91. The van der Waals surface area contributed by atoms with Crippen LogP contribution in [0.5, 0.6) is 0 Å². The summed E-state index contributed by atoms with van der Waals surface area (Å²) in [7, 11) is 0. The predicted octanol–water partition coefficient (Wildman–Crippen LogP) is 1.21. The van der Waals surface area contributed by atoms with Crippen LogP contribution in [-0.4, -0.2) is 41.3 Å². The summed E-state index contributed by atoms with van der Waals surface area (Å²) < 4.78 is 0. The third kappa shape index (κ3) is 2.41. The van der Waals surface area contributed by atoms with Crippen molar-refractivity contribution in [3.63, 3.8) is 0 Å². The van der Waals surface area contributed by atoms with Crippen molar-refractivity contribution in [2.45, 2.75) is 51.2 Å². The van der Waals surface area contributed by atoms with Gasteiger partial charge in [0.2, 0.25) is 0 Å². The molecule has 0 aromatic heterocycles. The first-order chi connectivity index (χ1) is 7.57. The number of rotatable bonds is 4. The van der Waals surface area contributed by atoms with Crippen LogP contribution in [0.25, 0.3) is 0 Å². The molecule has 3 nitrogen and oxygen atoms in total. The molecule has 3 atom stereocenters. The molecule has 94 valence electrons. The summed E-state index contributed by atoms with van der Waals surface area (Å²) in [6, 6.07) is 0.588. The van der Waals surface area contributed by atoms with E-state index < -0.39 is 5.60 Å². The van der Waals surface area contributed by atoms with Crippen molar-refractivity contribution >= 4 is 0 Å². The van der Waals surface area contributed by atoms with Crippen LogP contribution in [-0.2, 0) is 0 Å². The largest absolute Gasteiger partial charge is 0.387 e. The number of likely N-dealkylation sites (tertiary alicyclic amines) is 1. The fraction of sp³-hybridized carbons (Fsp3) is 1.00. The van der Waals surface area contributed by atoms with E-state index in [4.69, 9.17) is 5.73 Å². The molecule has 0 radical (unpaired) electrons. The Morgan fingerprint density at radius 3 is 2.56 bits per heavy atom. The number of nitrogens with two attached hydrogens (primary N) is 1. The fourth-order valence-corrected chi connectivity index (χ4v) is 2.98. The van der Waals surface area contributed by atoms with Crippen molar-refractivity contribution in [2.75, 3.05) is 19.6 Å². The summed E-state index contributed by atoms with van der Waals surface area (Å²) in [5.41, 5.74) is 5.15. The SMILES string of the molecule is CC1CCCN(CC(O)(CN)C2CC2)C1C. The molecule has 2 fully saturated rings. The van der Waals surface area contributed by atoms with Gasteiger partial charge in [-0.05, 0) is 51.0 Å². The average Bonchev–Trinajstić information content (AvgIpc) is 3.08. The van der Waals surface area contributed by atoms with Gasteiger partial charge in [-0.1, -0.05) is 6.92 Å². The first-order valence-corrected chi connectivity index (χ1v) is 6.73. The highest BCUT2D eigenvalue weighted by Gasteiger charge is 2.44. The Bertz CT molecular complexity index is 242. The van der Waals surface area contributed by atoms with Crippen molar-refractivity contribution in [1.82, 2.24) is 4.90 Å². The molecule has 1 saturated heterocycles. The van der Waals surface area contributed by atoms with Gasteiger partial charge in [0.05, 0.1) is 5.60 Å². The standard InChI is InChI=1S/C13H26N2O/c1-10-4-3-7-15(11(10)2)9-13(16,8-14)12-5-6-12/h10-12,16H,3-9,14H2,1-2H3. The van der Waals surface area contributed by atoms with Crippen LogP contribution < -0.4 is 5.73 Å². The normalized spacial score (nSPS) is 36.0. The van der Waals surface area contributed by atoms with Gasteiger partial charge in [0.1, 0.15) is 0 Å². The molecule has 0 amide bonds. The highest BCUT2D eigenvalue weighted by molar-refractivity contribution is 4.98. The molecule has 0 aromatic rings. The van der Waals surface area contributed by atoms with E-state index in [-0.39, 0.29) is 0 Å². The molecule has 3 heteroatoms. The molecule has 16 heavy (non-hydrogen) atoms. The van der Waals surface area contributed by atoms with E-state index in [1.165, 1.54) is 12.8 Å². The minimum atomic E-state index is -0.620. The summed E-state index contributed by atoms with van der Waals surface area (Å²) in [5, 5.41) is 10.5. The molecule has 1 heterocycles.